The maximum absolute atomic E-state index is 5.28. The van der Waals surface area contributed by atoms with Crippen LogP contribution in [0.3, 0.4) is 0 Å². The predicted octanol–water partition coefficient (Wildman–Crippen LogP) is 3.27. The molecule has 4 nitrogen and oxygen atoms in total. The molecule has 0 bridgehead atoms. The van der Waals surface area contributed by atoms with Crippen LogP contribution in [0.15, 0.2) is 33.7 Å². The van der Waals surface area contributed by atoms with E-state index in [1.807, 2.05) is 7.05 Å². The van der Waals surface area contributed by atoms with Crippen LogP contribution in [0.4, 0.5) is 0 Å². The van der Waals surface area contributed by atoms with E-state index >= 15 is 0 Å². The smallest absolute Gasteiger partial charge is 0.193 e. The van der Waals surface area contributed by atoms with Crippen molar-refractivity contribution < 1.29 is 4.74 Å². The molecule has 0 aromatic heterocycles. The average molecular weight is 382 g/mol. The summed E-state index contributed by atoms with van der Waals surface area (Å²) < 4.78 is 6.39. The standard InChI is InChI=1S/C18H28BrN3O/c1-18(2,15-5-7-16(19)8-6-15)13-21-17(20-3)22-10-9-14(11-22)12-23-4/h5-8,14H,9-13H2,1-4H3,(H,20,21). The Bertz CT molecular complexity index is 528. The van der Waals surface area contributed by atoms with Gasteiger partial charge in [0, 0.05) is 49.6 Å². The molecule has 1 unspecified atom stereocenters. The van der Waals surface area contributed by atoms with Gasteiger partial charge < -0.3 is 15.0 Å². The quantitative estimate of drug-likeness (QED) is 0.627. The Morgan fingerprint density at radius 3 is 2.70 bits per heavy atom. The van der Waals surface area contributed by atoms with Gasteiger partial charge in [0.1, 0.15) is 0 Å². The van der Waals surface area contributed by atoms with Gasteiger partial charge in [0.25, 0.3) is 0 Å². The van der Waals surface area contributed by atoms with Crippen LogP contribution in [-0.4, -0.2) is 51.3 Å². The fourth-order valence-corrected chi connectivity index (χ4v) is 3.30. The van der Waals surface area contributed by atoms with Gasteiger partial charge in [-0.15, -0.1) is 0 Å². The first-order valence-corrected chi connectivity index (χ1v) is 8.96. The molecular formula is C18H28BrN3O. The molecule has 1 aromatic rings. The number of ether oxygens (including phenoxy) is 1. The Hall–Kier alpha value is -1.07. The minimum Gasteiger partial charge on any atom is -0.384 e. The van der Waals surface area contributed by atoms with Crippen molar-refractivity contribution in [1.82, 2.24) is 10.2 Å². The SMILES string of the molecule is CN=C(NCC(C)(C)c1ccc(Br)cc1)N1CCC(COC)C1. The fraction of sp³-hybridized carbons (Fsp3) is 0.611. The third kappa shape index (κ3) is 4.95. The zero-order valence-corrected chi connectivity index (χ0v) is 16.2. The molecule has 23 heavy (non-hydrogen) atoms. The molecular weight excluding hydrogens is 354 g/mol. The Labute approximate surface area is 148 Å². The summed E-state index contributed by atoms with van der Waals surface area (Å²) in [6, 6.07) is 8.56. The molecule has 1 atom stereocenters. The number of nitrogens with zero attached hydrogens (tertiary/aromatic N) is 2. The minimum absolute atomic E-state index is 0.0439. The summed E-state index contributed by atoms with van der Waals surface area (Å²) in [7, 11) is 3.63. The van der Waals surface area contributed by atoms with E-state index in [-0.39, 0.29) is 5.41 Å². The Morgan fingerprint density at radius 2 is 2.09 bits per heavy atom. The topological polar surface area (TPSA) is 36.9 Å². The third-order valence-corrected chi connectivity index (χ3v) is 5.04. The molecule has 1 aliphatic rings. The molecule has 128 valence electrons. The molecule has 1 aliphatic heterocycles. The van der Waals surface area contributed by atoms with Gasteiger partial charge in [-0.1, -0.05) is 41.9 Å². The van der Waals surface area contributed by atoms with Gasteiger partial charge >= 0.3 is 0 Å². The summed E-state index contributed by atoms with van der Waals surface area (Å²) >= 11 is 3.50. The van der Waals surface area contributed by atoms with Crippen LogP contribution in [0.2, 0.25) is 0 Å². The normalized spacial score (nSPS) is 19.3. The van der Waals surface area contributed by atoms with E-state index in [2.05, 4.69) is 69.3 Å². The number of aliphatic imine (C=N–C) groups is 1. The Balaban J connectivity index is 1.94. The highest BCUT2D eigenvalue weighted by molar-refractivity contribution is 9.10. The second-order valence-electron chi connectivity index (χ2n) is 6.85. The minimum atomic E-state index is 0.0439. The predicted molar refractivity (Wildman–Crippen MR) is 100 cm³/mol. The molecule has 2 rings (SSSR count). The van der Waals surface area contributed by atoms with Crippen molar-refractivity contribution in [3.63, 3.8) is 0 Å². The van der Waals surface area contributed by atoms with Gasteiger partial charge in [-0.05, 0) is 24.1 Å². The number of nitrogens with one attached hydrogen (secondary N) is 1. The van der Waals surface area contributed by atoms with Crippen LogP contribution in [0.1, 0.15) is 25.8 Å². The molecule has 1 fully saturated rings. The van der Waals surface area contributed by atoms with Gasteiger partial charge in [0.2, 0.25) is 0 Å². The van der Waals surface area contributed by atoms with Crippen LogP contribution >= 0.6 is 15.9 Å². The number of likely N-dealkylation sites (tertiary alicyclic amines) is 1. The zero-order valence-electron chi connectivity index (χ0n) is 14.6. The average Bonchev–Trinajstić information content (AvgIpc) is 2.97. The van der Waals surface area contributed by atoms with Crippen molar-refractivity contribution in [1.29, 1.82) is 0 Å². The summed E-state index contributed by atoms with van der Waals surface area (Å²) in [6.07, 6.45) is 1.17. The molecule has 5 heteroatoms. The summed E-state index contributed by atoms with van der Waals surface area (Å²) in [4.78, 5) is 6.79. The molecule has 1 N–H and O–H groups in total. The first-order chi connectivity index (χ1) is 11.0. The molecule has 0 aliphatic carbocycles. The Kier molecular flexibility index (Phi) is 6.48. The monoisotopic (exact) mass is 381 g/mol. The van der Waals surface area contributed by atoms with Gasteiger partial charge in [0.05, 0.1) is 6.61 Å². The van der Waals surface area contributed by atoms with Crippen molar-refractivity contribution >= 4 is 21.9 Å². The van der Waals surface area contributed by atoms with Gasteiger partial charge in [-0.2, -0.15) is 0 Å². The number of methoxy groups -OCH3 is 1. The van der Waals surface area contributed by atoms with Gasteiger partial charge in [-0.25, -0.2) is 0 Å². The summed E-state index contributed by atoms with van der Waals surface area (Å²) in [5, 5.41) is 3.55. The second-order valence-corrected chi connectivity index (χ2v) is 7.76. The molecule has 1 saturated heterocycles. The number of hydrogen-bond acceptors (Lipinski definition) is 2. The highest BCUT2D eigenvalue weighted by atomic mass is 79.9. The van der Waals surface area contributed by atoms with E-state index in [1.165, 1.54) is 12.0 Å². The molecule has 0 radical (unpaired) electrons. The van der Waals surface area contributed by atoms with Crippen molar-refractivity contribution in [3.8, 4) is 0 Å². The van der Waals surface area contributed by atoms with E-state index in [0.29, 0.717) is 5.92 Å². The highest BCUT2D eigenvalue weighted by Gasteiger charge is 2.26. The van der Waals surface area contributed by atoms with E-state index in [1.54, 1.807) is 7.11 Å². The largest absolute Gasteiger partial charge is 0.384 e. The van der Waals surface area contributed by atoms with Crippen molar-refractivity contribution in [3.05, 3.63) is 34.3 Å². The van der Waals surface area contributed by atoms with Crippen molar-refractivity contribution in [2.75, 3.05) is 40.4 Å². The first kappa shape index (κ1) is 18.3. The lowest BCUT2D eigenvalue weighted by Crippen LogP contribution is -2.45. The summed E-state index contributed by atoms with van der Waals surface area (Å²) in [5.41, 5.74) is 1.37. The maximum Gasteiger partial charge on any atom is 0.193 e. The van der Waals surface area contributed by atoms with E-state index in [9.17, 15) is 0 Å². The lowest BCUT2D eigenvalue weighted by molar-refractivity contribution is 0.157. The fourth-order valence-electron chi connectivity index (χ4n) is 3.03. The van der Waals surface area contributed by atoms with Gasteiger partial charge in [-0.3, -0.25) is 4.99 Å². The Morgan fingerprint density at radius 1 is 1.39 bits per heavy atom. The van der Waals surface area contributed by atoms with Crippen LogP contribution in [-0.2, 0) is 10.2 Å². The number of hydrogen-bond donors (Lipinski definition) is 1. The highest BCUT2D eigenvalue weighted by Crippen LogP contribution is 2.24. The molecule has 0 saturated carbocycles. The molecule has 1 aromatic carbocycles. The van der Waals surface area contributed by atoms with E-state index < -0.39 is 0 Å². The second kappa shape index (κ2) is 8.15. The van der Waals surface area contributed by atoms with Crippen LogP contribution in [0.5, 0.6) is 0 Å². The number of rotatable bonds is 5. The van der Waals surface area contributed by atoms with Crippen LogP contribution in [0, 0.1) is 5.92 Å². The van der Waals surface area contributed by atoms with Gasteiger partial charge in [0.15, 0.2) is 5.96 Å². The van der Waals surface area contributed by atoms with Crippen LogP contribution in [0.25, 0.3) is 0 Å². The van der Waals surface area contributed by atoms with Crippen molar-refractivity contribution in [2.45, 2.75) is 25.7 Å². The van der Waals surface area contributed by atoms with Crippen LogP contribution < -0.4 is 5.32 Å². The first-order valence-electron chi connectivity index (χ1n) is 8.17. The molecule has 1 heterocycles. The molecule has 0 amide bonds. The van der Waals surface area contributed by atoms with Crippen molar-refractivity contribution in [2.24, 2.45) is 10.9 Å². The van der Waals surface area contributed by atoms with E-state index in [0.717, 1.165) is 36.7 Å². The lowest BCUT2D eigenvalue weighted by Gasteiger charge is -2.29. The number of halogens is 1. The lowest BCUT2D eigenvalue weighted by atomic mass is 9.85. The number of guanidine groups is 1. The summed E-state index contributed by atoms with van der Waals surface area (Å²) in [6.45, 7) is 8.27. The molecule has 0 spiro atoms. The number of benzene rings is 1. The summed E-state index contributed by atoms with van der Waals surface area (Å²) in [5.74, 6) is 1.60. The van der Waals surface area contributed by atoms with E-state index in [4.69, 9.17) is 4.74 Å². The maximum atomic E-state index is 5.28. The third-order valence-electron chi connectivity index (χ3n) is 4.51. The zero-order chi connectivity index (χ0) is 16.9.